The van der Waals surface area contributed by atoms with E-state index < -0.39 is 50.4 Å². The molecule has 2 aliphatic heterocycles. The fourth-order valence-corrected chi connectivity index (χ4v) is 7.89. The van der Waals surface area contributed by atoms with E-state index in [1.165, 1.54) is 24.3 Å². The van der Waals surface area contributed by atoms with Gasteiger partial charge in [0.15, 0.2) is 0 Å². The number of aryl methyl sites for hydroxylation is 1. The number of nitro groups is 1. The fraction of sp³-hybridized carbons (Fsp3) is 0.207. The Labute approximate surface area is 249 Å². The molecular formula is C29H20F3N3O6S2. The lowest BCUT2D eigenvalue weighted by Gasteiger charge is -2.30. The molecule has 3 aromatic carbocycles. The van der Waals surface area contributed by atoms with Crippen LogP contribution in [0.1, 0.15) is 33.0 Å². The van der Waals surface area contributed by atoms with Gasteiger partial charge in [0.25, 0.3) is 5.69 Å². The number of carbonyl (C=O) groups is 2. The number of thiazole rings is 1. The molecule has 3 atom stereocenters. The third kappa shape index (κ3) is 5.10. The predicted octanol–water partition coefficient (Wildman–Crippen LogP) is 6.05. The van der Waals surface area contributed by atoms with E-state index in [9.17, 15) is 37.7 Å². The smallest absolute Gasteiger partial charge is 0.416 e. The van der Waals surface area contributed by atoms with Crippen molar-refractivity contribution in [3.63, 3.8) is 0 Å². The zero-order valence-electron chi connectivity index (χ0n) is 22.1. The summed E-state index contributed by atoms with van der Waals surface area (Å²) in [6.45, 7) is 1.99. The van der Waals surface area contributed by atoms with E-state index in [1.54, 1.807) is 0 Å². The third-order valence-electron chi connectivity index (χ3n) is 7.44. The van der Waals surface area contributed by atoms with E-state index in [-0.39, 0.29) is 29.3 Å². The number of non-ortho nitro benzene ring substituents is 1. The topological polar surface area (TPSA) is 123 Å². The van der Waals surface area contributed by atoms with Gasteiger partial charge < -0.3 is 9.72 Å². The molecule has 0 saturated carbocycles. The Bertz CT molecular complexity index is 1850. The van der Waals surface area contributed by atoms with Gasteiger partial charge in [-0.15, -0.1) is 0 Å². The molecule has 14 heteroatoms. The van der Waals surface area contributed by atoms with Crippen LogP contribution >= 0.6 is 23.1 Å². The average Bonchev–Trinajstić information content (AvgIpc) is 3.46. The summed E-state index contributed by atoms with van der Waals surface area (Å²) in [7, 11) is 0. The van der Waals surface area contributed by atoms with Gasteiger partial charge in [0.05, 0.1) is 27.1 Å². The molecule has 2 aliphatic rings. The molecule has 9 nitrogen and oxygen atoms in total. The van der Waals surface area contributed by atoms with Crippen LogP contribution in [0.2, 0.25) is 0 Å². The number of aromatic amines is 1. The number of nitro benzene ring substituents is 1. The Morgan fingerprint density at radius 3 is 2.51 bits per heavy atom. The number of amides is 2. The predicted molar refractivity (Wildman–Crippen MR) is 152 cm³/mol. The second-order valence-electron chi connectivity index (χ2n) is 10.0. The van der Waals surface area contributed by atoms with Gasteiger partial charge in [0.1, 0.15) is 17.6 Å². The number of halogens is 3. The maximum Gasteiger partial charge on any atom is 0.416 e. The lowest BCUT2D eigenvalue weighted by molar-refractivity contribution is -0.385. The minimum atomic E-state index is -4.71. The summed E-state index contributed by atoms with van der Waals surface area (Å²) in [6, 6.07) is 15.3. The monoisotopic (exact) mass is 627 g/mol. The normalized spacial score (nSPS) is 19.7. The SMILES string of the molecule is Cc1ccccc1COc1ccc([N+](=O)[O-])cc1C1c2sc(=O)[nH]c2SC2C(=O)N(c3cccc(C(F)(F)F)c3)C(=O)C21. The lowest BCUT2D eigenvalue weighted by atomic mass is 9.82. The number of rotatable bonds is 6. The number of anilines is 1. The van der Waals surface area contributed by atoms with Crippen molar-refractivity contribution < 1.29 is 32.4 Å². The quantitative estimate of drug-likeness (QED) is 0.157. The number of benzene rings is 3. The summed E-state index contributed by atoms with van der Waals surface area (Å²) in [5, 5.41) is 11.0. The van der Waals surface area contributed by atoms with Crippen LogP contribution in [0.4, 0.5) is 24.5 Å². The number of alkyl halides is 3. The van der Waals surface area contributed by atoms with E-state index in [0.717, 1.165) is 57.3 Å². The van der Waals surface area contributed by atoms with Crippen LogP contribution < -0.4 is 14.5 Å². The maximum atomic E-state index is 14.0. The van der Waals surface area contributed by atoms with E-state index >= 15 is 0 Å². The molecule has 220 valence electrons. The highest BCUT2D eigenvalue weighted by molar-refractivity contribution is 8.00. The first-order chi connectivity index (χ1) is 20.4. The highest BCUT2D eigenvalue weighted by Gasteiger charge is 2.57. The van der Waals surface area contributed by atoms with Gasteiger partial charge >= 0.3 is 11.0 Å². The van der Waals surface area contributed by atoms with Gasteiger partial charge in [-0.1, -0.05) is 53.4 Å². The summed E-state index contributed by atoms with van der Waals surface area (Å²) in [4.78, 5) is 54.7. The number of aromatic nitrogens is 1. The summed E-state index contributed by atoms with van der Waals surface area (Å²) in [6.07, 6.45) is -4.71. The highest BCUT2D eigenvalue weighted by atomic mass is 32.2. The van der Waals surface area contributed by atoms with Gasteiger partial charge in [-0.2, -0.15) is 13.2 Å². The standard InChI is InChI=1S/C29H20F3N3O6S2/c1-14-5-2-3-6-15(14)13-41-20-10-9-18(35(39)40)12-19(20)21-22-24(42-25-23(21)43-28(38)33-25)27(37)34(26(22)36)17-8-4-7-16(11-17)29(30,31)32/h2-12,21-22,24H,13H2,1H3,(H,33,38). The second kappa shape index (κ2) is 10.7. The summed E-state index contributed by atoms with van der Waals surface area (Å²) in [5.41, 5.74) is 0.424. The Morgan fingerprint density at radius 1 is 1.02 bits per heavy atom. The van der Waals surface area contributed by atoms with E-state index in [4.69, 9.17) is 4.74 Å². The number of ether oxygens (including phenoxy) is 1. The third-order valence-corrected chi connectivity index (χ3v) is 9.84. The molecule has 1 N–H and O–H groups in total. The Hall–Kier alpha value is -4.43. The number of fused-ring (bicyclic) bond motifs is 2. The van der Waals surface area contributed by atoms with Crippen molar-refractivity contribution >= 4 is 46.3 Å². The van der Waals surface area contributed by atoms with Crippen LogP contribution in [0.25, 0.3) is 0 Å². The first kappa shape index (κ1) is 28.7. The number of hydrogen-bond acceptors (Lipinski definition) is 8. The summed E-state index contributed by atoms with van der Waals surface area (Å²) in [5.74, 6) is -3.56. The molecule has 2 amide bonds. The molecule has 3 heterocycles. The molecule has 0 spiro atoms. The molecule has 0 aliphatic carbocycles. The van der Waals surface area contributed by atoms with Gasteiger partial charge in [-0.05, 0) is 42.3 Å². The van der Waals surface area contributed by atoms with Crippen LogP contribution in [0, 0.1) is 23.0 Å². The maximum absolute atomic E-state index is 14.0. The van der Waals surface area contributed by atoms with Gasteiger partial charge in [0, 0.05) is 28.5 Å². The molecular weight excluding hydrogens is 607 g/mol. The number of H-pyrrole nitrogens is 1. The van der Waals surface area contributed by atoms with Crippen molar-refractivity contribution in [2.75, 3.05) is 4.90 Å². The molecule has 43 heavy (non-hydrogen) atoms. The van der Waals surface area contributed by atoms with Crippen LogP contribution in [0.5, 0.6) is 5.75 Å². The van der Waals surface area contributed by atoms with Gasteiger partial charge in [-0.25, -0.2) is 4.90 Å². The van der Waals surface area contributed by atoms with E-state index in [1.807, 2.05) is 31.2 Å². The van der Waals surface area contributed by atoms with E-state index in [2.05, 4.69) is 4.98 Å². The number of thioether (sulfide) groups is 1. The lowest BCUT2D eigenvalue weighted by Crippen LogP contribution is -2.32. The number of hydrogen-bond donors (Lipinski definition) is 1. The van der Waals surface area contributed by atoms with Crippen molar-refractivity contribution in [2.45, 2.75) is 35.9 Å². The zero-order chi connectivity index (χ0) is 30.6. The second-order valence-corrected chi connectivity index (χ2v) is 12.2. The van der Waals surface area contributed by atoms with Gasteiger partial charge in [-0.3, -0.25) is 24.5 Å². The highest BCUT2D eigenvalue weighted by Crippen LogP contribution is 2.55. The molecule has 4 aromatic rings. The van der Waals surface area contributed by atoms with Crippen molar-refractivity contribution in [2.24, 2.45) is 5.92 Å². The van der Waals surface area contributed by atoms with Crippen LogP contribution in [0.3, 0.4) is 0 Å². The Kier molecular flexibility index (Phi) is 7.13. The minimum absolute atomic E-state index is 0.0898. The average molecular weight is 628 g/mol. The largest absolute Gasteiger partial charge is 0.489 e. The molecule has 1 saturated heterocycles. The fourth-order valence-electron chi connectivity index (χ4n) is 5.38. The van der Waals surface area contributed by atoms with Crippen molar-refractivity contribution in [1.82, 2.24) is 4.98 Å². The summed E-state index contributed by atoms with van der Waals surface area (Å²) >= 11 is 1.74. The van der Waals surface area contributed by atoms with Crippen molar-refractivity contribution in [3.05, 3.63) is 114 Å². The number of carbonyl (C=O) groups excluding carboxylic acids is 2. The van der Waals surface area contributed by atoms with Crippen LogP contribution in [0.15, 0.2) is 76.6 Å². The molecule has 6 rings (SSSR count). The van der Waals surface area contributed by atoms with Crippen LogP contribution in [-0.4, -0.2) is 27.0 Å². The molecule has 1 fully saturated rings. The molecule has 0 radical (unpaired) electrons. The number of imide groups is 1. The van der Waals surface area contributed by atoms with Crippen molar-refractivity contribution in [3.8, 4) is 5.75 Å². The zero-order valence-corrected chi connectivity index (χ0v) is 23.7. The minimum Gasteiger partial charge on any atom is -0.489 e. The first-order valence-corrected chi connectivity index (χ1v) is 14.5. The number of nitrogens with one attached hydrogen (secondary N) is 1. The molecule has 0 bridgehead atoms. The Balaban J connectivity index is 1.48. The summed E-state index contributed by atoms with van der Waals surface area (Å²) < 4.78 is 46.6. The number of nitrogens with zero attached hydrogens (tertiary/aromatic N) is 2. The van der Waals surface area contributed by atoms with Gasteiger partial charge in [0.2, 0.25) is 11.8 Å². The Morgan fingerprint density at radius 2 is 1.79 bits per heavy atom. The molecule has 3 unspecified atom stereocenters. The van der Waals surface area contributed by atoms with E-state index in [0.29, 0.717) is 9.90 Å². The molecule has 1 aromatic heterocycles. The van der Waals surface area contributed by atoms with Crippen molar-refractivity contribution in [1.29, 1.82) is 0 Å². The first-order valence-electron chi connectivity index (χ1n) is 12.8. The van der Waals surface area contributed by atoms with Crippen LogP contribution in [-0.2, 0) is 22.4 Å².